The summed E-state index contributed by atoms with van der Waals surface area (Å²) >= 11 is 7.90. The van der Waals surface area contributed by atoms with Gasteiger partial charge in [-0.1, -0.05) is 11.6 Å². The zero-order valence-electron chi connectivity index (χ0n) is 12.6. The number of rotatable bonds is 3. The first-order valence-corrected chi connectivity index (χ1v) is 8.39. The molecule has 0 aliphatic carbocycles. The average molecular weight is 328 g/mol. The molecule has 1 unspecified atom stereocenters. The molecule has 1 atom stereocenters. The average Bonchev–Trinajstić information content (AvgIpc) is 2.41. The molecule has 0 bridgehead atoms. The fourth-order valence-electron chi connectivity index (χ4n) is 2.42. The second-order valence-corrected chi connectivity index (χ2v) is 8.21. The molecule has 21 heavy (non-hydrogen) atoms. The van der Waals surface area contributed by atoms with E-state index in [0.717, 1.165) is 18.8 Å². The summed E-state index contributed by atoms with van der Waals surface area (Å²) < 4.78 is 0.182. The Balaban J connectivity index is 2.04. The van der Waals surface area contributed by atoms with Gasteiger partial charge in [-0.3, -0.25) is 9.69 Å². The third-order valence-corrected chi connectivity index (χ3v) is 5.19. The van der Waals surface area contributed by atoms with E-state index in [2.05, 4.69) is 24.1 Å². The minimum Gasteiger partial charge on any atom is -0.397 e. The van der Waals surface area contributed by atoms with E-state index in [-0.39, 0.29) is 16.7 Å². The van der Waals surface area contributed by atoms with Gasteiger partial charge in [0, 0.05) is 28.6 Å². The van der Waals surface area contributed by atoms with Crippen molar-refractivity contribution in [2.45, 2.75) is 31.6 Å². The van der Waals surface area contributed by atoms with Gasteiger partial charge in [0.15, 0.2) is 0 Å². The van der Waals surface area contributed by atoms with Gasteiger partial charge in [0.05, 0.1) is 17.4 Å². The van der Waals surface area contributed by atoms with E-state index in [1.165, 1.54) is 0 Å². The number of anilines is 2. The third kappa shape index (κ3) is 4.28. The molecule has 1 amide bonds. The molecule has 1 heterocycles. The van der Waals surface area contributed by atoms with E-state index in [1.54, 1.807) is 18.2 Å². The first kappa shape index (κ1) is 16.5. The topological polar surface area (TPSA) is 58.4 Å². The van der Waals surface area contributed by atoms with Crippen molar-refractivity contribution in [1.29, 1.82) is 0 Å². The van der Waals surface area contributed by atoms with Gasteiger partial charge in [-0.25, -0.2) is 0 Å². The molecular formula is C15H22ClN3OS. The first-order chi connectivity index (χ1) is 9.78. The number of amides is 1. The molecule has 0 saturated carbocycles. The lowest BCUT2D eigenvalue weighted by atomic mass is 10.1. The Morgan fingerprint density at radius 2 is 2.24 bits per heavy atom. The molecule has 0 aromatic heterocycles. The lowest BCUT2D eigenvalue weighted by molar-refractivity contribution is -0.120. The molecule has 1 saturated heterocycles. The molecule has 1 aliphatic heterocycles. The standard InChI is InChI=1S/C15H22ClN3OS/c1-10(19-6-7-21-15(2,3)9-19)14(20)18-13-8-11(16)4-5-12(13)17/h4-5,8,10H,6-7,9,17H2,1-3H3,(H,18,20). The van der Waals surface area contributed by atoms with Crippen LogP contribution in [0, 0.1) is 0 Å². The minimum atomic E-state index is -0.191. The smallest absolute Gasteiger partial charge is 0.241 e. The van der Waals surface area contributed by atoms with Crippen LogP contribution in [0.25, 0.3) is 0 Å². The Kier molecular flexibility index (Phi) is 5.07. The van der Waals surface area contributed by atoms with Crippen molar-refractivity contribution in [2.75, 3.05) is 29.9 Å². The molecule has 6 heteroatoms. The predicted molar refractivity (Wildman–Crippen MR) is 92.1 cm³/mol. The summed E-state index contributed by atoms with van der Waals surface area (Å²) in [5.74, 6) is 0.996. The number of carbonyl (C=O) groups excluding carboxylic acids is 1. The number of benzene rings is 1. The van der Waals surface area contributed by atoms with Crippen LogP contribution < -0.4 is 11.1 Å². The summed E-state index contributed by atoms with van der Waals surface area (Å²) in [6.07, 6.45) is 0. The van der Waals surface area contributed by atoms with E-state index < -0.39 is 0 Å². The van der Waals surface area contributed by atoms with Crippen molar-refractivity contribution in [3.05, 3.63) is 23.2 Å². The zero-order chi connectivity index (χ0) is 15.6. The lowest BCUT2D eigenvalue weighted by Crippen LogP contribution is -2.51. The third-order valence-electron chi connectivity index (χ3n) is 3.66. The van der Waals surface area contributed by atoms with Crippen LogP contribution in [0.1, 0.15) is 20.8 Å². The van der Waals surface area contributed by atoms with Crippen molar-refractivity contribution >= 4 is 40.6 Å². The van der Waals surface area contributed by atoms with Crippen molar-refractivity contribution in [3.8, 4) is 0 Å². The van der Waals surface area contributed by atoms with Crippen molar-refractivity contribution in [3.63, 3.8) is 0 Å². The Bertz CT molecular complexity index is 536. The van der Waals surface area contributed by atoms with Crippen LogP contribution in [0.5, 0.6) is 0 Å². The summed E-state index contributed by atoms with van der Waals surface area (Å²) in [5.41, 5.74) is 6.97. The monoisotopic (exact) mass is 327 g/mol. The molecule has 0 radical (unpaired) electrons. The number of hydrogen-bond acceptors (Lipinski definition) is 4. The van der Waals surface area contributed by atoms with Crippen LogP contribution in [0.4, 0.5) is 11.4 Å². The Labute approximate surface area is 135 Å². The molecule has 2 rings (SSSR count). The van der Waals surface area contributed by atoms with Crippen molar-refractivity contribution in [1.82, 2.24) is 4.90 Å². The summed E-state index contributed by atoms with van der Waals surface area (Å²) in [4.78, 5) is 14.6. The van der Waals surface area contributed by atoms with Gasteiger partial charge in [-0.05, 0) is 39.0 Å². The first-order valence-electron chi connectivity index (χ1n) is 7.02. The van der Waals surface area contributed by atoms with Crippen LogP contribution in [0.3, 0.4) is 0 Å². The van der Waals surface area contributed by atoms with E-state index >= 15 is 0 Å². The summed E-state index contributed by atoms with van der Waals surface area (Å²) in [6, 6.07) is 4.89. The molecule has 116 valence electrons. The fraction of sp³-hybridized carbons (Fsp3) is 0.533. The normalized spacial score (nSPS) is 20.0. The molecular weight excluding hydrogens is 306 g/mol. The summed E-state index contributed by atoms with van der Waals surface area (Å²) in [7, 11) is 0. The molecule has 1 fully saturated rings. The highest BCUT2D eigenvalue weighted by Crippen LogP contribution is 2.30. The highest BCUT2D eigenvalue weighted by Gasteiger charge is 2.32. The molecule has 1 aromatic rings. The maximum Gasteiger partial charge on any atom is 0.241 e. The zero-order valence-corrected chi connectivity index (χ0v) is 14.2. The second kappa shape index (κ2) is 6.46. The van der Waals surface area contributed by atoms with Gasteiger partial charge in [-0.2, -0.15) is 11.8 Å². The van der Waals surface area contributed by atoms with Gasteiger partial charge in [0.2, 0.25) is 5.91 Å². The number of nitrogens with zero attached hydrogens (tertiary/aromatic N) is 1. The van der Waals surface area contributed by atoms with E-state index in [1.807, 2.05) is 18.7 Å². The van der Waals surface area contributed by atoms with Crippen LogP contribution in [0.15, 0.2) is 18.2 Å². The lowest BCUT2D eigenvalue weighted by Gasteiger charge is -2.40. The van der Waals surface area contributed by atoms with E-state index in [4.69, 9.17) is 17.3 Å². The predicted octanol–water partition coefficient (Wildman–Crippen LogP) is 3.08. The minimum absolute atomic E-state index is 0.0494. The molecule has 4 nitrogen and oxygen atoms in total. The van der Waals surface area contributed by atoms with Crippen LogP contribution in [-0.4, -0.2) is 40.4 Å². The van der Waals surface area contributed by atoms with Gasteiger partial charge in [-0.15, -0.1) is 0 Å². The van der Waals surface area contributed by atoms with Crippen LogP contribution >= 0.6 is 23.4 Å². The summed E-state index contributed by atoms with van der Waals surface area (Å²) in [5, 5.41) is 3.44. The Morgan fingerprint density at radius 1 is 1.52 bits per heavy atom. The van der Waals surface area contributed by atoms with Gasteiger partial charge >= 0.3 is 0 Å². The number of halogens is 1. The number of nitrogens with two attached hydrogens (primary N) is 1. The molecule has 0 spiro atoms. The molecule has 3 N–H and O–H groups in total. The quantitative estimate of drug-likeness (QED) is 0.838. The van der Waals surface area contributed by atoms with Crippen molar-refractivity contribution in [2.24, 2.45) is 0 Å². The van der Waals surface area contributed by atoms with E-state index in [9.17, 15) is 4.79 Å². The fourth-order valence-corrected chi connectivity index (χ4v) is 3.73. The van der Waals surface area contributed by atoms with Crippen LogP contribution in [0.2, 0.25) is 5.02 Å². The number of hydrogen-bond donors (Lipinski definition) is 2. The number of nitrogens with one attached hydrogen (secondary N) is 1. The maximum atomic E-state index is 12.4. The van der Waals surface area contributed by atoms with Crippen molar-refractivity contribution < 1.29 is 4.79 Å². The second-order valence-electron chi connectivity index (χ2n) is 5.98. The van der Waals surface area contributed by atoms with Crippen LogP contribution in [-0.2, 0) is 4.79 Å². The van der Waals surface area contributed by atoms with E-state index in [0.29, 0.717) is 16.4 Å². The molecule has 1 aromatic carbocycles. The largest absolute Gasteiger partial charge is 0.397 e. The SMILES string of the molecule is CC(C(=O)Nc1cc(Cl)ccc1N)N1CCSC(C)(C)C1. The Morgan fingerprint density at radius 3 is 2.90 bits per heavy atom. The van der Waals surface area contributed by atoms with Gasteiger partial charge < -0.3 is 11.1 Å². The Hall–Kier alpha value is -0.910. The number of nitrogen functional groups attached to an aromatic ring is 1. The maximum absolute atomic E-state index is 12.4. The van der Waals surface area contributed by atoms with Gasteiger partial charge in [0.25, 0.3) is 0 Å². The molecule has 1 aliphatic rings. The summed E-state index contributed by atoms with van der Waals surface area (Å²) in [6.45, 7) is 8.18. The highest BCUT2D eigenvalue weighted by molar-refractivity contribution is 8.00. The number of thioether (sulfide) groups is 1. The number of carbonyl (C=O) groups is 1. The van der Waals surface area contributed by atoms with Gasteiger partial charge in [0.1, 0.15) is 0 Å². The highest BCUT2D eigenvalue weighted by atomic mass is 35.5.